The van der Waals surface area contributed by atoms with Crippen LogP contribution in [0.5, 0.6) is 12.0 Å². The molecular formula is C9H13F2N3O4. The van der Waals surface area contributed by atoms with E-state index in [4.69, 9.17) is 9.47 Å². The molecule has 0 aliphatic heterocycles. The van der Waals surface area contributed by atoms with Crippen LogP contribution < -0.4 is 9.47 Å². The lowest BCUT2D eigenvalue weighted by atomic mass is 10.7. The van der Waals surface area contributed by atoms with Crippen molar-refractivity contribution in [1.29, 1.82) is 0 Å². The Kier molecular flexibility index (Phi) is 6.15. The summed E-state index contributed by atoms with van der Waals surface area (Å²) in [5.41, 5.74) is 0. The van der Waals surface area contributed by atoms with Gasteiger partial charge in [-0.2, -0.15) is 9.97 Å². The number of ether oxygens (including phenoxy) is 4. The Morgan fingerprint density at radius 2 is 1.44 bits per heavy atom. The van der Waals surface area contributed by atoms with Crippen LogP contribution in [-0.2, 0) is 9.47 Å². The first-order chi connectivity index (χ1) is 8.65. The van der Waals surface area contributed by atoms with E-state index in [0.717, 1.165) is 6.33 Å². The molecule has 0 radical (unpaired) electrons. The van der Waals surface area contributed by atoms with E-state index in [1.165, 1.54) is 14.2 Å². The number of alkyl halides is 2. The molecule has 1 rings (SSSR count). The minimum atomic E-state index is -1.59. The second kappa shape index (κ2) is 7.67. The summed E-state index contributed by atoms with van der Waals surface area (Å²) in [6.07, 6.45) is -2.08. The highest BCUT2D eigenvalue weighted by molar-refractivity contribution is 4.99. The van der Waals surface area contributed by atoms with Crippen molar-refractivity contribution >= 4 is 0 Å². The summed E-state index contributed by atoms with van der Waals surface area (Å²) in [5.74, 6) is 0. The van der Waals surface area contributed by atoms with Crippen LogP contribution in [0.2, 0.25) is 0 Å². The van der Waals surface area contributed by atoms with Gasteiger partial charge in [-0.1, -0.05) is 0 Å². The Hall–Kier alpha value is -1.61. The Morgan fingerprint density at radius 3 is 1.83 bits per heavy atom. The van der Waals surface area contributed by atoms with Gasteiger partial charge in [0.2, 0.25) is 12.7 Å². The number of rotatable bonds is 8. The first kappa shape index (κ1) is 14.5. The van der Waals surface area contributed by atoms with Crippen LogP contribution in [0.4, 0.5) is 8.78 Å². The predicted octanol–water partition coefficient (Wildman–Crippen LogP) is 0.513. The number of nitrogens with zero attached hydrogens (tertiary/aromatic N) is 3. The average Bonchev–Trinajstić information content (AvgIpc) is 2.42. The molecule has 0 aliphatic rings. The van der Waals surface area contributed by atoms with E-state index in [9.17, 15) is 8.78 Å². The smallest absolute Gasteiger partial charge is 0.322 e. The second-order valence-electron chi connectivity index (χ2n) is 2.96. The zero-order valence-corrected chi connectivity index (χ0v) is 9.88. The fourth-order valence-corrected chi connectivity index (χ4v) is 0.822. The van der Waals surface area contributed by atoms with E-state index in [2.05, 4.69) is 24.4 Å². The summed E-state index contributed by atoms with van der Waals surface area (Å²) in [5, 5.41) is 0. The highest BCUT2D eigenvalue weighted by Gasteiger charge is 2.10. The van der Waals surface area contributed by atoms with E-state index in [1.54, 1.807) is 0 Å². The number of methoxy groups -OCH3 is 2. The molecule has 0 N–H and O–H groups in total. The van der Waals surface area contributed by atoms with Crippen molar-refractivity contribution in [3.63, 3.8) is 0 Å². The predicted molar refractivity (Wildman–Crippen MR) is 54.6 cm³/mol. The highest BCUT2D eigenvalue weighted by atomic mass is 19.1. The zero-order chi connectivity index (χ0) is 13.4. The molecule has 0 saturated heterocycles. The standard InChI is InChI=1S/C9H13F2N3O4/c1-15-6(10)3-17-8-12-5-13-9(14-8)18-4-7(11)16-2/h5-7H,3-4H2,1-2H3. The molecule has 9 heteroatoms. The number of aromatic nitrogens is 3. The summed E-state index contributed by atoms with van der Waals surface area (Å²) >= 11 is 0. The third-order valence-corrected chi connectivity index (χ3v) is 1.73. The molecule has 1 aromatic rings. The van der Waals surface area contributed by atoms with Gasteiger partial charge in [0.05, 0.1) is 0 Å². The highest BCUT2D eigenvalue weighted by Crippen LogP contribution is 2.08. The van der Waals surface area contributed by atoms with E-state index in [1.807, 2.05) is 0 Å². The Morgan fingerprint density at radius 1 is 1.00 bits per heavy atom. The van der Waals surface area contributed by atoms with Crippen molar-refractivity contribution in [3.8, 4) is 12.0 Å². The molecular weight excluding hydrogens is 252 g/mol. The van der Waals surface area contributed by atoms with Crippen LogP contribution in [-0.4, -0.2) is 55.1 Å². The Balaban J connectivity index is 2.46. The lowest BCUT2D eigenvalue weighted by Crippen LogP contribution is -2.17. The van der Waals surface area contributed by atoms with Gasteiger partial charge in [-0.3, -0.25) is 0 Å². The quantitative estimate of drug-likeness (QED) is 0.678. The minimum Gasteiger partial charge on any atom is -0.458 e. The number of hydrogen-bond donors (Lipinski definition) is 0. The second-order valence-corrected chi connectivity index (χ2v) is 2.96. The van der Waals surface area contributed by atoms with Crippen LogP contribution in [0.3, 0.4) is 0 Å². The van der Waals surface area contributed by atoms with Gasteiger partial charge in [0, 0.05) is 14.2 Å². The van der Waals surface area contributed by atoms with E-state index in [-0.39, 0.29) is 25.2 Å². The summed E-state index contributed by atoms with van der Waals surface area (Å²) in [6.45, 7) is -0.743. The van der Waals surface area contributed by atoms with Crippen molar-refractivity contribution in [3.05, 3.63) is 6.33 Å². The van der Waals surface area contributed by atoms with E-state index >= 15 is 0 Å². The Labute approximate surface area is 102 Å². The molecule has 102 valence electrons. The molecule has 0 aromatic carbocycles. The summed E-state index contributed by atoms with van der Waals surface area (Å²) in [6, 6.07) is -0.292. The summed E-state index contributed by atoms with van der Waals surface area (Å²) < 4.78 is 43.8. The molecule has 2 atom stereocenters. The van der Waals surface area contributed by atoms with Gasteiger partial charge in [0.1, 0.15) is 19.5 Å². The lowest BCUT2D eigenvalue weighted by Gasteiger charge is -2.09. The molecule has 1 heterocycles. The van der Waals surface area contributed by atoms with Gasteiger partial charge in [0.25, 0.3) is 0 Å². The first-order valence-corrected chi connectivity index (χ1v) is 4.94. The van der Waals surface area contributed by atoms with Crippen LogP contribution in [0, 0.1) is 0 Å². The van der Waals surface area contributed by atoms with Gasteiger partial charge in [-0.25, -0.2) is 8.78 Å². The SMILES string of the molecule is COC(F)COc1ncnc(OCC(F)OC)n1. The average molecular weight is 265 g/mol. The molecule has 0 amide bonds. The van der Waals surface area contributed by atoms with Gasteiger partial charge < -0.3 is 18.9 Å². The zero-order valence-electron chi connectivity index (χ0n) is 9.88. The van der Waals surface area contributed by atoms with Crippen LogP contribution in [0.1, 0.15) is 0 Å². The molecule has 0 saturated carbocycles. The normalized spacial score (nSPS) is 14.0. The maximum absolute atomic E-state index is 12.7. The molecule has 0 aliphatic carbocycles. The largest absolute Gasteiger partial charge is 0.458 e. The van der Waals surface area contributed by atoms with Gasteiger partial charge in [0.15, 0.2) is 0 Å². The van der Waals surface area contributed by atoms with Crippen LogP contribution >= 0.6 is 0 Å². The van der Waals surface area contributed by atoms with E-state index in [0.29, 0.717) is 0 Å². The molecule has 0 bridgehead atoms. The number of hydrogen-bond acceptors (Lipinski definition) is 7. The maximum atomic E-state index is 12.7. The van der Waals surface area contributed by atoms with Crippen molar-refractivity contribution in [1.82, 2.24) is 15.0 Å². The van der Waals surface area contributed by atoms with E-state index < -0.39 is 12.7 Å². The van der Waals surface area contributed by atoms with Crippen molar-refractivity contribution in [2.75, 3.05) is 27.4 Å². The molecule has 7 nitrogen and oxygen atoms in total. The molecule has 0 fully saturated rings. The fraction of sp³-hybridized carbons (Fsp3) is 0.667. The Bertz CT molecular complexity index is 329. The van der Waals surface area contributed by atoms with Crippen molar-refractivity contribution in [2.24, 2.45) is 0 Å². The summed E-state index contributed by atoms with van der Waals surface area (Å²) in [7, 11) is 2.39. The monoisotopic (exact) mass is 265 g/mol. The molecule has 18 heavy (non-hydrogen) atoms. The molecule has 2 unspecified atom stereocenters. The first-order valence-electron chi connectivity index (χ1n) is 4.94. The van der Waals surface area contributed by atoms with Gasteiger partial charge in [-0.05, 0) is 0 Å². The molecule has 0 spiro atoms. The third-order valence-electron chi connectivity index (χ3n) is 1.73. The van der Waals surface area contributed by atoms with Gasteiger partial charge >= 0.3 is 12.0 Å². The number of halogens is 2. The van der Waals surface area contributed by atoms with Gasteiger partial charge in [-0.15, -0.1) is 4.98 Å². The lowest BCUT2D eigenvalue weighted by molar-refractivity contribution is -0.0405. The minimum absolute atomic E-state index is 0.146. The topological polar surface area (TPSA) is 75.6 Å². The third kappa shape index (κ3) is 5.15. The maximum Gasteiger partial charge on any atom is 0.322 e. The molecule has 1 aromatic heterocycles. The van der Waals surface area contributed by atoms with Crippen LogP contribution in [0.15, 0.2) is 6.33 Å². The fourth-order valence-electron chi connectivity index (χ4n) is 0.822. The van der Waals surface area contributed by atoms with Crippen molar-refractivity contribution in [2.45, 2.75) is 12.7 Å². The van der Waals surface area contributed by atoms with Crippen molar-refractivity contribution < 1.29 is 27.7 Å². The summed E-state index contributed by atoms with van der Waals surface area (Å²) in [4.78, 5) is 10.9. The van der Waals surface area contributed by atoms with Crippen LogP contribution in [0.25, 0.3) is 0 Å².